The predicted octanol–water partition coefficient (Wildman–Crippen LogP) is 1.08. The molecule has 2 aliphatic heterocycles. The van der Waals surface area contributed by atoms with Crippen LogP contribution in [0.4, 0.5) is 0 Å². The number of nitrogens with one attached hydrogen (secondary N) is 1. The van der Waals surface area contributed by atoms with Crippen LogP contribution in [-0.4, -0.2) is 51.4 Å². The number of aromatic nitrogens is 2. The Bertz CT molecular complexity index is 652. The number of nitrogens with zero attached hydrogens (tertiary/aromatic N) is 3. The molecule has 3 rings (SSSR count). The van der Waals surface area contributed by atoms with Gasteiger partial charge in [0.25, 0.3) is 5.56 Å². The highest BCUT2D eigenvalue weighted by Crippen LogP contribution is 2.23. The summed E-state index contributed by atoms with van der Waals surface area (Å²) in [4.78, 5) is 35.6. The molecule has 6 heteroatoms. The van der Waals surface area contributed by atoms with E-state index in [0.717, 1.165) is 50.3 Å². The van der Waals surface area contributed by atoms with Crippen molar-refractivity contribution in [1.29, 1.82) is 0 Å². The summed E-state index contributed by atoms with van der Waals surface area (Å²) in [5, 5.41) is 0. The molecule has 0 aromatic carbocycles. The van der Waals surface area contributed by atoms with E-state index in [1.54, 1.807) is 0 Å². The molecule has 1 saturated heterocycles. The van der Waals surface area contributed by atoms with Crippen LogP contribution < -0.4 is 5.56 Å². The van der Waals surface area contributed by atoms with E-state index >= 15 is 0 Å². The Morgan fingerprint density at radius 2 is 2.09 bits per heavy atom. The fourth-order valence-corrected chi connectivity index (χ4v) is 3.73. The minimum atomic E-state index is 0.0152. The maximum absolute atomic E-state index is 12.0. The molecule has 2 aliphatic rings. The highest BCUT2D eigenvalue weighted by atomic mass is 16.2. The fourth-order valence-electron chi connectivity index (χ4n) is 3.73. The Morgan fingerprint density at radius 1 is 1.30 bits per heavy atom. The maximum Gasteiger partial charge on any atom is 0.254 e. The molecule has 1 N–H and O–H groups in total. The molecule has 1 fully saturated rings. The van der Waals surface area contributed by atoms with Crippen LogP contribution in [0.1, 0.15) is 43.8 Å². The lowest BCUT2D eigenvalue weighted by Crippen LogP contribution is -2.47. The van der Waals surface area contributed by atoms with Crippen molar-refractivity contribution in [2.75, 3.05) is 19.6 Å². The number of aromatic amines is 1. The Labute approximate surface area is 136 Å². The third-order valence-corrected chi connectivity index (χ3v) is 4.95. The molecule has 6 nitrogen and oxygen atoms in total. The lowest BCUT2D eigenvalue weighted by atomic mass is 9.95. The number of piperidine rings is 1. The van der Waals surface area contributed by atoms with Gasteiger partial charge in [-0.3, -0.25) is 14.5 Å². The van der Waals surface area contributed by atoms with Gasteiger partial charge in [0.1, 0.15) is 5.82 Å². The first-order valence-corrected chi connectivity index (χ1v) is 8.54. The number of aryl methyl sites for hydroxylation is 1. The zero-order valence-corrected chi connectivity index (χ0v) is 14.3. The molecular formula is C17H26N4O2. The fraction of sp³-hybridized carbons (Fsp3) is 0.706. The number of carbonyl (C=O) groups is 1. The number of fused-ring (bicyclic) bond motifs is 1. The number of carbonyl (C=O) groups excluding carboxylic acids is 1. The van der Waals surface area contributed by atoms with Crippen LogP contribution in [-0.2, 0) is 17.8 Å². The topological polar surface area (TPSA) is 69.3 Å². The van der Waals surface area contributed by atoms with Crippen molar-refractivity contribution >= 4 is 5.91 Å². The Balaban J connectivity index is 1.66. The summed E-state index contributed by atoms with van der Waals surface area (Å²) in [5.74, 6) is 1.48. The average Bonchev–Trinajstić information content (AvgIpc) is 2.48. The quantitative estimate of drug-likeness (QED) is 0.905. The number of likely N-dealkylation sites (tertiary alicyclic amines) is 1. The minimum absolute atomic E-state index is 0.0152. The molecule has 23 heavy (non-hydrogen) atoms. The van der Waals surface area contributed by atoms with Gasteiger partial charge in [0.05, 0.1) is 5.69 Å². The van der Waals surface area contributed by atoms with Crippen LogP contribution >= 0.6 is 0 Å². The van der Waals surface area contributed by atoms with Crippen molar-refractivity contribution in [2.24, 2.45) is 5.92 Å². The zero-order chi connectivity index (χ0) is 16.6. The van der Waals surface area contributed by atoms with Gasteiger partial charge < -0.3 is 9.88 Å². The third-order valence-electron chi connectivity index (χ3n) is 4.95. The van der Waals surface area contributed by atoms with Gasteiger partial charge in [0.15, 0.2) is 0 Å². The minimum Gasteiger partial charge on any atom is -0.340 e. The summed E-state index contributed by atoms with van der Waals surface area (Å²) in [6, 6.07) is 0.273. The smallest absolute Gasteiger partial charge is 0.254 e. The lowest BCUT2D eigenvalue weighted by Gasteiger charge is -2.38. The van der Waals surface area contributed by atoms with Crippen molar-refractivity contribution in [1.82, 2.24) is 19.8 Å². The van der Waals surface area contributed by atoms with Crippen molar-refractivity contribution in [3.63, 3.8) is 0 Å². The molecule has 1 aromatic rings. The van der Waals surface area contributed by atoms with Gasteiger partial charge >= 0.3 is 0 Å². The first-order valence-electron chi connectivity index (χ1n) is 8.54. The van der Waals surface area contributed by atoms with Crippen molar-refractivity contribution in [3.8, 4) is 0 Å². The molecule has 0 radical (unpaired) electrons. The number of amides is 1. The molecule has 0 spiro atoms. The van der Waals surface area contributed by atoms with Crippen LogP contribution in [0.25, 0.3) is 0 Å². The first kappa shape index (κ1) is 16.2. The van der Waals surface area contributed by atoms with Crippen molar-refractivity contribution in [3.05, 3.63) is 27.4 Å². The van der Waals surface area contributed by atoms with E-state index < -0.39 is 0 Å². The zero-order valence-electron chi connectivity index (χ0n) is 14.3. The Morgan fingerprint density at radius 3 is 2.83 bits per heavy atom. The molecule has 1 atom stereocenters. The van der Waals surface area contributed by atoms with E-state index in [2.05, 4.69) is 28.7 Å². The van der Waals surface area contributed by atoms with E-state index in [-0.39, 0.29) is 17.5 Å². The van der Waals surface area contributed by atoms with Gasteiger partial charge in [-0.15, -0.1) is 0 Å². The van der Waals surface area contributed by atoms with Crippen LogP contribution in [0.2, 0.25) is 0 Å². The summed E-state index contributed by atoms with van der Waals surface area (Å²) in [5.41, 5.74) is 1.78. The number of rotatable bonds is 3. The van der Waals surface area contributed by atoms with Gasteiger partial charge in [-0.25, -0.2) is 4.98 Å². The average molecular weight is 318 g/mol. The van der Waals surface area contributed by atoms with Crippen LogP contribution in [0, 0.1) is 12.8 Å². The van der Waals surface area contributed by atoms with Gasteiger partial charge in [-0.2, -0.15) is 0 Å². The van der Waals surface area contributed by atoms with Crippen molar-refractivity contribution in [2.45, 2.75) is 52.6 Å². The first-order chi connectivity index (χ1) is 10.9. The molecular weight excluding hydrogens is 292 g/mol. The summed E-state index contributed by atoms with van der Waals surface area (Å²) < 4.78 is 0. The number of H-pyrrole nitrogens is 1. The summed E-state index contributed by atoms with van der Waals surface area (Å²) >= 11 is 0. The Hall–Kier alpha value is -1.69. The second kappa shape index (κ2) is 6.43. The largest absolute Gasteiger partial charge is 0.340 e. The second-order valence-corrected chi connectivity index (χ2v) is 7.11. The predicted molar refractivity (Wildman–Crippen MR) is 88.1 cm³/mol. The molecule has 1 unspecified atom stereocenters. The molecule has 3 heterocycles. The normalized spacial score (nSPS) is 22.5. The highest BCUT2D eigenvalue weighted by molar-refractivity contribution is 5.77. The standard InChI is InChI=1S/C17H26N4O2/c1-11(2)21-9-13(4-5-16(21)22)8-20-7-6-14-15(10-20)18-12(3)19-17(14)23/h11,13H,4-10H2,1-3H3,(H,18,19,23). The third kappa shape index (κ3) is 3.47. The van der Waals surface area contributed by atoms with Crippen LogP contribution in [0.15, 0.2) is 4.79 Å². The van der Waals surface area contributed by atoms with E-state index in [1.165, 1.54) is 0 Å². The van der Waals surface area contributed by atoms with E-state index in [9.17, 15) is 9.59 Å². The van der Waals surface area contributed by atoms with E-state index in [4.69, 9.17) is 0 Å². The molecule has 0 saturated carbocycles. The summed E-state index contributed by atoms with van der Waals surface area (Å²) in [6.45, 7) is 9.45. The lowest BCUT2D eigenvalue weighted by molar-refractivity contribution is -0.137. The van der Waals surface area contributed by atoms with Crippen LogP contribution in [0.5, 0.6) is 0 Å². The number of hydrogen-bond acceptors (Lipinski definition) is 4. The van der Waals surface area contributed by atoms with Gasteiger partial charge in [0, 0.05) is 44.2 Å². The van der Waals surface area contributed by atoms with Gasteiger partial charge in [0.2, 0.25) is 5.91 Å². The van der Waals surface area contributed by atoms with Gasteiger partial charge in [-0.1, -0.05) is 0 Å². The van der Waals surface area contributed by atoms with Gasteiger partial charge in [-0.05, 0) is 39.5 Å². The Kier molecular flexibility index (Phi) is 4.53. The second-order valence-electron chi connectivity index (χ2n) is 7.11. The van der Waals surface area contributed by atoms with Crippen LogP contribution in [0.3, 0.4) is 0 Å². The molecule has 1 aromatic heterocycles. The molecule has 0 bridgehead atoms. The molecule has 126 valence electrons. The maximum atomic E-state index is 12.0. The van der Waals surface area contributed by atoms with Crippen molar-refractivity contribution < 1.29 is 4.79 Å². The summed E-state index contributed by atoms with van der Waals surface area (Å²) in [7, 11) is 0. The van der Waals surface area contributed by atoms with E-state index in [0.29, 0.717) is 18.2 Å². The monoisotopic (exact) mass is 318 g/mol. The molecule has 0 aliphatic carbocycles. The SMILES string of the molecule is Cc1nc2c(c(=O)[nH]1)CCN(CC1CCC(=O)N(C(C)C)C1)C2. The highest BCUT2D eigenvalue weighted by Gasteiger charge is 2.30. The molecule has 1 amide bonds. The van der Waals surface area contributed by atoms with E-state index in [1.807, 2.05) is 11.8 Å². The summed E-state index contributed by atoms with van der Waals surface area (Å²) in [6.07, 6.45) is 2.38. The number of hydrogen-bond donors (Lipinski definition) is 1.